The van der Waals surface area contributed by atoms with Gasteiger partial charge in [0, 0.05) is 19.0 Å². The molecule has 2 heterocycles. The summed E-state index contributed by atoms with van der Waals surface area (Å²) in [6, 6.07) is 5.48. The minimum absolute atomic E-state index is 0.0666. The van der Waals surface area contributed by atoms with Gasteiger partial charge in [-0.15, -0.1) is 11.8 Å². The second-order valence-electron chi connectivity index (χ2n) is 6.95. The van der Waals surface area contributed by atoms with Crippen LogP contribution in [0.25, 0.3) is 0 Å². The lowest BCUT2D eigenvalue weighted by Gasteiger charge is -2.44. The van der Waals surface area contributed by atoms with Gasteiger partial charge in [0.15, 0.2) is 0 Å². The zero-order valence-electron chi connectivity index (χ0n) is 16.2. The van der Waals surface area contributed by atoms with E-state index in [0.717, 1.165) is 5.56 Å². The number of β-lactam (4-membered cyclic amide) rings is 1. The Morgan fingerprint density at radius 1 is 1.21 bits per heavy atom. The first-order valence-electron chi connectivity index (χ1n) is 8.29. The van der Waals surface area contributed by atoms with E-state index in [2.05, 4.69) is 0 Å². The van der Waals surface area contributed by atoms with Crippen molar-refractivity contribution in [2.75, 3.05) is 14.2 Å². The van der Waals surface area contributed by atoms with E-state index in [1.807, 2.05) is 20.8 Å². The van der Waals surface area contributed by atoms with Crippen LogP contribution >= 0.6 is 19.4 Å². The third-order valence-electron chi connectivity index (χ3n) is 4.56. The van der Waals surface area contributed by atoms with Crippen LogP contribution in [0.5, 0.6) is 0 Å². The fourth-order valence-corrected chi connectivity index (χ4v) is 7.60. The van der Waals surface area contributed by atoms with Crippen molar-refractivity contribution in [3.63, 3.8) is 0 Å². The highest BCUT2D eigenvalue weighted by Crippen LogP contribution is 2.66. The van der Waals surface area contributed by atoms with E-state index in [4.69, 9.17) is 19.3 Å². The largest absolute Gasteiger partial charge is 0.353 e. The normalized spacial score (nSPS) is 26.2. The molecule has 3 rings (SSSR count). The van der Waals surface area contributed by atoms with Crippen LogP contribution in [0.1, 0.15) is 19.4 Å². The molecular formula is C16H25N2O7PS2. The Kier molecular flexibility index (Phi) is 6.72. The summed E-state index contributed by atoms with van der Waals surface area (Å²) in [7, 11) is -4.68. The van der Waals surface area contributed by atoms with Gasteiger partial charge in [0.25, 0.3) is 10.1 Å². The van der Waals surface area contributed by atoms with Crippen molar-refractivity contribution in [3.05, 3.63) is 29.8 Å². The van der Waals surface area contributed by atoms with Crippen LogP contribution in [0, 0.1) is 6.92 Å². The molecule has 158 valence electrons. The number of rotatable bonds is 4. The summed E-state index contributed by atoms with van der Waals surface area (Å²) < 4.78 is 51.7. The molecule has 3 N–H and O–H groups in total. The maximum Gasteiger partial charge on any atom is 0.353 e. The number of benzene rings is 1. The van der Waals surface area contributed by atoms with Crippen LogP contribution < -0.4 is 5.73 Å². The minimum atomic E-state index is -4.02. The van der Waals surface area contributed by atoms with Gasteiger partial charge < -0.3 is 19.7 Å². The van der Waals surface area contributed by atoms with E-state index >= 15 is 0 Å². The Balaban J connectivity index is 0.000000221. The van der Waals surface area contributed by atoms with Crippen molar-refractivity contribution < 1.29 is 31.4 Å². The van der Waals surface area contributed by atoms with Crippen LogP contribution in [0.4, 0.5) is 0 Å². The highest BCUT2D eigenvalue weighted by Gasteiger charge is 2.66. The summed E-state index contributed by atoms with van der Waals surface area (Å²) >= 11 is 1.54. The predicted molar refractivity (Wildman–Crippen MR) is 107 cm³/mol. The molecule has 1 amide bonds. The van der Waals surface area contributed by atoms with Crippen molar-refractivity contribution in [2.45, 2.75) is 47.6 Å². The minimum Gasteiger partial charge on any atom is -0.317 e. The van der Waals surface area contributed by atoms with E-state index in [0.29, 0.717) is 0 Å². The van der Waals surface area contributed by atoms with E-state index in [-0.39, 0.29) is 16.2 Å². The molecule has 28 heavy (non-hydrogen) atoms. The van der Waals surface area contributed by atoms with Gasteiger partial charge >= 0.3 is 7.60 Å². The average molecular weight is 452 g/mol. The predicted octanol–water partition coefficient (Wildman–Crippen LogP) is 2.06. The molecule has 0 spiro atoms. The summed E-state index contributed by atoms with van der Waals surface area (Å²) in [5.74, 6) is -0.764. The van der Waals surface area contributed by atoms with Gasteiger partial charge in [-0.1, -0.05) is 17.7 Å². The molecule has 2 aliphatic rings. The Labute approximate surface area is 169 Å². The first-order valence-corrected chi connectivity index (χ1v) is 12.2. The highest BCUT2D eigenvalue weighted by molar-refractivity contribution is 8.02. The summed E-state index contributed by atoms with van der Waals surface area (Å²) in [6.45, 7) is 5.68. The van der Waals surface area contributed by atoms with Crippen molar-refractivity contribution in [1.29, 1.82) is 0 Å². The monoisotopic (exact) mass is 452 g/mol. The number of thioether (sulfide) groups is 1. The number of amides is 1. The molecule has 12 heteroatoms. The zero-order valence-corrected chi connectivity index (χ0v) is 18.8. The Hall–Kier alpha value is -0.940. The number of nitrogens with zero attached hydrogens (tertiary/aromatic N) is 1. The zero-order chi connectivity index (χ0) is 21.5. The van der Waals surface area contributed by atoms with E-state index < -0.39 is 34.3 Å². The number of carbonyl (C=O) groups excluding carboxylic acids is 1. The maximum absolute atomic E-state index is 12.5. The molecule has 0 aliphatic carbocycles. The van der Waals surface area contributed by atoms with Gasteiger partial charge in [-0.2, -0.15) is 8.42 Å². The van der Waals surface area contributed by atoms with Gasteiger partial charge in [0.1, 0.15) is 17.2 Å². The number of hydrogen-bond donors (Lipinski definition) is 2. The highest BCUT2D eigenvalue weighted by atomic mass is 32.2. The van der Waals surface area contributed by atoms with Crippen molar-refractivity contribution >= 4 is 35.4 Å². The van der Waals surface area contributed by atoms with E-state index in [1.165, 1.54) is 26.4 Å². The Morgan fingerprint density at radius 3 is 2.14 bits per heavy atom. The van der Waals surface area contributed by atoms with E-state index in [9.17, 15) is 17.8 Å². The van der Waals surface area contributed by atoms with Crippen LogP contribution in [0.3, 0.4) is 0 Å². The third-order valence-corrected chi connectivity index (χ3v) is 9.70. The molecule has 2 aliphatic heterocycles. The smallest absolute Gasteiger partial charge is 0.317 e. The first-order chi connectivity index (χ1) is 12.8. The molecular weight excluding hydrogens is 427 g/mol. The van der Waals surface area contributed by atoms with Crippen LogP contribution in [-0.4, -0.2) is 59.9 Å². The molecule has 0 radical (unpaired) electrons. The molecule has 2 fully saturated rings. The average Bonchev–Trinajstić information content (AvgIpc) is 2.90. The molecule has 3 atom stereocenters. The SMILES string of the molecule is COP(=O)(OC)C1N2C(=O)C(N)[C@@H]2SC1(C)C.Cc1ccc(S(=O)(=O)O)cc1. The van der Waals surface area contributed by atoms with Crippen LogP contribution in [-0.2, 0) is 28.5 Å². The first kappa shape index (κ1) is 23.3. The van der Waals surface area contributed by atoms with Crippen molar-refractivity contribution in [3.8, 4) is 0 Å². The van der Waals surface area contributed by atoms with Crippen molar-refractivity contribution in [1.82, 2.24) is 4.90 Å². The van der Waals surface area contributed by atoms with Gasteiger partial charge in [-0.25, -0.2) is 0 Å². The molecule has 1 aromatic carbocycles. The van der Waals surface area contributed by atoms with Gasteiger partial charge in [0.2, 0.25) is 5.91 Å². The molecule has 0 bridgehead atoms. The maximum atomic E-state index is 12.5. The second-order valence-corrected chi connectivity index (χ2v) is 12.4. The number of aryl methyl sites for hydroxylation is 1. The fraction of sp³-hybridized carbons (Fsp3) is 0.562. The Bertz CT molecular complexity index is 881. The Morgan fingerprint density at radius 2 is 1.71 bits per heavy atom. The third kappa shape index (κ3) is 4.30. The van der Waals surface area contributed by atoms with Gasteiger partial charge in [0.05, 0.1) is 4.90 Å². The molecule has 2 unspecified atom stereocenters. The quantitative estimate of drug-likeness (QED) is 0.399. The lowest BCUT2D eigenvalue weighted by atomic mass is 10.1. The fourth-order valence-electron chi connectivity index (χ4n) is 3.12. The molecule has 2 saturated heterocycles. The summed E-state index contributed by atoms with van der Waals surface area (Å²) in [4.78, 5) is 13.3. The molecule has 0 saturated carbocycles. The van der Waals surface area contributed by atoms with Crippen LogP contribution in [0.2, 0.25) is 0 Å². The van der Waals surface area contributed by atoms with Gasteiger partial charge in [-0.3, -0.25) is 13.9 Å². The van der Waals surface area contributed by atoms with Crippen LogP contribution in [0.15, 0.2) is 29.2 Å². The topological polar surface area (TPSA) is 136 Å². The van der Waals surface area contributed by atoms with Gasteiger partial charge in [-0.05, 0) is 32.9 Å². The standard InChI is InChI=1S/C9H17N2O4PS.C7H8O3S/c1-9(2)8(16(13,14-3)15-4)11-6(12)5(10)7(11)17-9;1-6-2-4-7(5-3-6)11(8,9)10/h5,7-8H,10H2,1-4H3;2-5H,1H3,(H,8,9,10)/t5?,7-,8?;/m0./s1. The number of nitrogens with two attached hydrogens (primary N) is 1. The molecule has 0 aromatic heterocycles. The molecule has 1 aromatic rings. The van der Waals surface area contributed by atoms with Crippen molar-refractivity contribution in [2.24, 2.45) is 5.73 Å². The summed E-state index contributed by atoms with van der Waals surface area (Å²) in [5.41, 5.74) is 6.69. The summed E-state index contributed by atoms with van der Waals surface area (Å²) in [5, 5.41) is -0.124. The lowest BCUT2D eigenvalue weighted by Crippen LogP contribution is -2.67. The van der Waals surface area contributed by atoms with E-state index in [1.54, 1.807) is 28.8 Å². The lowest BCUT2D eigenvalue weighted by molar-refractivity contribution is -0.145. The number of fused-ring (bicyclic) bond motifs is 1. The number of carbonyl (C=O) groups is 1. The molecule has 9 nitrogen and oxygen atoms in total. The number of hydrogen-bond acceptors (Lipinski definition) is 8. The summed E-state index contributed by atoms with van der Waals surface area (Å²) in [6.07, 6.45) is 0. The second kappa shape index (κ2) is 8.06.